The lowest BCUT2D eigenvalue weighted by Crippen LogP contribution is -2.36. The van der Waals surface area contributed by atoms with Crippen molar-refractivity contribution < 1.29 is 28.2 Å². The van der Waals surface area contributed by atoms with E-state index < -0.39 is 11.9 Å². The molecular formula is C14H16N4O6S. The molecule has 0 bridgehead atoms. The Kier molecular flexibility index (Phi) is 6.06. The summed E-state index contributed by atoms with van der Waals surface area (Å²) in [4.78, 5) is 22.0. The number of carbonyl (C=O) groups excluding carboxylic acids is 2. The maximum atomic E-state index is 11.4. The van der Waals surface area contributed by atoms with Gasteiger partial charge in [-0.05, 0) is 12.1 Å². The van der Waals surface area contributed by atoms with Crippen molar-refractivity contribution in [1.82, 2.24) is 15.5 Å². The van der Waals surface area contributed by atoms with E-state index in [2.05, 4.69) is 10.2 Å². The predicted molar refractivity (Wildman–Crippen MR) is 87.8 cm³/mol. The molecule has 11 heteroatoms. The Morgan fingerprint density at radius 1 is 1.16 bits per heavy atom. The van der Waals surface area contributed by atoms with E-state index in [4.69, 9.17) is 24.4 Å². The zero-order valence-corrected chi connectivity index (χ0v) is 14.5. The summed E-state index contributed by atoms with van der Waals surface area (Å²) in [6.07, 6.45) is 0. The molecule has 0 aliphatic heterocycles. The molecule has 25 heavy (non-hydrogen) atoms. The van der Waals surface area contributed by atoms with Crippen molar-refractivity contribution >= 4 is 23.7 Å². The van der Waals surface area contributed by atoms with Gasteiger partial charge >= 0.3 is 6.03 Å². The first-order chi connectivity index (χ1) is 12.0. The molecule has 3 N–H and O–H groups in total. The number of nitrogens with two attached hydrogens (primary N) is 1. The summed E-state index contributed by atoms with van der Waals surface area (Å²) < 4.78 is 21.3. The lowest BCUT2D eigenvalue weighted by Gasteiger charge is -2.12. The summed E-state index contributed by atoms with van der Waals surface area (Å²) in [5, 5.41) is 9.85. The highest BCUT2D eigenvalue weighted by atomic mass is 32.2. The molecule has 0 unspecified atom stereocenters. The first kappa shape index (κ1) is 18.4. The van der Waals surface area contributed by atoms with Crippen LogP contribution in [0.2, 0.25) is 0 Å². The third kappa shape index (κ3) is 4.53. The molecule has 0 aliphatic carbocycles. The molecule has 1 aromatic carbocycles. The van der Waals surface area contributed by atoms with E-state index in [0.29, 0.717) is 22.8 Å². The highest BCUT2D eigenvalue weighted by Gasteiger charge is 2.18. The van der Waals surface area contributed by atoms with Crippen molar-refractivity contribution in [2.24, 2.45) is 5.73 Å². The molecule has 2 aromatic rings. The first-order valence-corrected chi connectivity index (χ1v) is 7.83. The topological polar surface area (TPSA) is 139 Å². The maximum absolute atomic E-state index is 11.4. The highest BCUT2D eigenvalue weighted by molar-refractivity contribution is 7.99. The Labute approximate surface area is 147 Å². The number of imide groups is 1. The van der Waals surface area contributed by atoms with E-state index in [1.54, 1.807) is 12.1 Å². The lowest BCUT2D eigenvalue weighted by molar-refractivity contribution is -0.117. The number of amides is 3. The van der Waals surface area contributed by atoms with Crippen LogP contribution in [0.15, 0.2) is 21.8 Å². The molecule has 0 atom stereocenters. The minimum absolute atomic E-state index is 0.0974. The van der Waals surface area contributed by atoms with Gasteiger partial charge in [-0.3, -0.25) is 10.1 Å². The fourth-order valence-electron chi connectivity index (χ4n) is 1.89. The van der Waals surface area contributed by atoms with Crippen LogP contribution < -0.4 is 25.3 Å². The van der Waals surface area contributed by atoms with Crippen LogP contribution in [0.25, 0.3) is 11.5 Å². The van der Waals surface area contributed by atoms with E-state index in [1.807, 2.05) is 5.32 Å². The van der Waals surface area contributed by atoms with Crippen LogP contribution in [-0.2, 0) is 4.79 Å². The Morgan fingerprint density at radius 3 is 2.32 bits per heavy atom. The number of rotatable bonds is 7. The molecule has 0 radical (unpaired) electrons. The number of thioether (sulfide) groups is 1. The number of nitrogens with zero attached hydrogens (tertiary/aromatic N) is 2. The zero-order valence-electron chi connectivity index (χ0n) is 13.7. The molecule has 2 rings (SSSR count). The van der Waals surface area contributed by atoms with Crippen LogP contribution in [0, 0.1) is 0 Å². The number of methoxy groups -OCH3 is 3. The Balaban J connectivity index is 2.19. The normalized spacial score (nSPS) is 10.2. The van der Waals surface area contributed by atoms with Gasteiger partial charge < -0.3 is 24.4 Å². The fourth-order valence-corrected chi connectivity index (χ4v) is 2.45. The Hall–Kier alpha value is -2.95. The number of primary amides is 1. The molecule has 0 aliphatic rings. The zero-order chi connectivity index (χ0) is 18.4. The fraction of sp³-hybridized carbons (Fsp3) is 0.286. The van der Waals surface area contributed by atoms with Crippen LogP contribution in [0.4, 0.5) is 4.79 Å². The predicted octanol–water partition coefficient (Wildman–Crippen LogP) is 1.05. The van der Waals surface area contributed by atoms with Gasteiger partial charge in [0.2, 0.25) is 17.5 Å². The van der Waals surface area contributed by atoms with Crippen molar-refractivity contribution in [3.63, 3.8) is 0 Å². The molecule has 0 saturated carbocycles. The summed E-state index contributed by atoms with van der Waals surface area (Å²) in [6.45, 7) is 0. The monoisotopic (exact) mass is 368 g/mol. The van der Waals surface area contributed by atoms with Crippen molar-refractivity contribution in [3.8, 4) is 28.7 Å². The van der Waals surface area contributed by atoms with Crippen LogP contribution in [0.3, 0.4) is 0 Å². The van der Waals surface area contributed by atoms with Gasteiger partial charge in [-0.2, -0.15) is 0 Å². The standard InChI is InChI=1S/C14H16N4O6S/c1-21-8-4-7(5-9(22-2)11(8)23-3)12-17-18-14(24-12)25-6-10(19)16-13(15)20/h4-5H,6H2,1-3H3,(H3,15,16,19,20). The van der Waals surface area contributed by atoms with Crippen molar-refractivity contribution in [3.05, 3.63) is 12.1 Å². The molecule has 0 spiro atoms. The molecule has 0 saturated heterocycles. The maximum Gasteiger partial charge on any atom is 0.318 e. The second kappa shape index (κ2) is 8.24. The molecule has 1 heterocycles. The smallest absolute Gasteiger partial charge is 0.318 e. The Bertz CT molecular complexity index is 753. The van der Waals surface area contributed by atoms with Gasteiger partial charge in [-0.25, -0.2) is 4.79 Å². The number of urea groups is 1. The average Bonchev–Trinajstić information content (AvgIpc) is 3.07. The largest absolute Gasteiger partial charge is 0.493 e. The van der Waals surface area contributed by atoms with Crippen molar-refractivity contribution in [1.29, 1.82) is 0 Å². The number of carbonyl (C=O) groups is 2. The number of nitrogens with one attached hydrogen (secondary N) is 1. The van der Waals surface area contributed by atoms with Crippen LogP contribution in [0.5, 0.6) is 17.2 Å². The van der Waals surface area contributed by atoms with Gasteiger partial charge in [0.25, 0.3) is 5.22 Å². The summed E-state index contributed by atoms with van der Waals surface area (Å²) in [6, 6.07) is 2.39. The van der Waals surface area contributed by atoms with Gasteiger partial charge in [-0.1, -0.05) is 11.8 Å². The van der Waals surface area contributed by atoms with E-state index >= 15 is 0 Å². The number of aromatic nitrogens is 2. The minimum atomic E-state index is -0.922. The average molecular weight is 368 g/mol. The van der Waals surface area contributed by atoms with Gasteiger partial charge in [0.15, 0.2) is 11.5 Å². The SMILES string of the molecule is COc1cc(-c2nnc(SCC(=O)NC(N)=O)o2)cc(OC)c1OC. The molecule has 1 aromatic heterocycles. The van der Waals surface area contributed by atoms with Crippen molar-refractivity contribution in [2.75, 3.05) is 27.1 Å². The number of hydrogen-bond acceptors (Lipinski definition) is 9. The van der Waals surface area contributed by atoms with Crippen molar-refractivity contribution in [2.45, 2.75) is 5.22 Å². The van der Waals surface area contributed by atoms with Gasteiger partial charge in [-0.15, -0.1) is 10.2 Å². The number of ether oxygens (including phenoxy) is 3. The summed E-state index contributed by atoms with van der Waals surface area (Å²) in [5.74, 6) is 0.850. The lowest BCUT2D eigenvalue weighted by atomic mass is 10.2. The molecule has 10 nitrogen and oxygen atoms in total. The van der Waals surface area contributed by atoms with E-state index in [0.717, 1.165) is 11.8 Å². The quantitative estimate of drug-likeness (QED) is 0.686. The van der Waals surface area contributed by atoms with E-state index in [-0.39, 0.29) is 16.9 Å². The van der Waals surface area contributed by atoms with Gasteiger partial charge in [0, 0.05) is 5.56 Å². The minimum Gasteiger partial charge on any atom is -0.493 e. The molecule has 0 fully saturated rings. The second-order valence-electron chi connectivity index (χ2n) is 4.49. The number of benzene rings is 1. The van der Waals surface area contributed by atoms with Crippen LogP contribution in [-0.4, -0.2) is 49.2 Å². The van der Waals surface area contributed by atoms with Gasteiger partial charge in [0.05, 0.1) is 27.1 Å². The summed E-state index contributed by atoms with van der Waals surface area (Å²) >= 11 is 0.966. The third-order valence-corrected chi connectivity index (χ3v) is 3.73. The van der Waals surface area contributed by atoms with E-state index in [9.17, 15) is 9.59 Å². The summed E-state index contributed by atoms with van der Waals surface area (Å²) in [5.41, 5.74) is 5.41. The van der Waals surface area contributed by atoms with Crippen LogP contribution in [0.1, 0.15) is 0 Å². The summed E-state index contributed by atoms with van der Waals surface area (Å²) in [7, 11) is 4.49. The molecule has 3 amide bonds. The van der Waals surface area contributed by atoms with Crippen LogP contribution >= 0.6 is 11.8 Å². The first-order valence-electron chi connectivity index (χ1n) is 6.84. The number of hydrogen-bond donors (Lipinski definition) is 2. The Morgan fingerprint density at radius 2 is 1.80 bits per heavy atom. The van der Waals surface area contributed by atoms with E-state index in [1.165, 1.54) is 21.3 Å². The molecule has 134 valence electrons. The second-order valence-corrected chi connectivity index (χ2v) is 5.41. The van der Waals surface area contributed by atoms with Gasteiger partial charge in [0.1, 0.15) is 0 Å². The third-order valence-electron chi connectivity index (χ3n) is 2.91. The molecular weight excluding hydrogens is 352 g/mol. The highest BCUT2D eigenvalue weighted by Crippen LogP contribution is 2.41.